The molecule has 0 aliphatic carbocycles. The predicted molar refractivity (Wildman–Crippen MR) is 129 cm³/mol. The van der Waals surface area contributed by atoms with Crippen molar-refractivity contribution in [3.05, 3.63) is 58.6 Å². The molecule has 0 aromatic heterocycles. The van der Waals surface area contributed by atoms with Gasteiger partial charge in [-0.25, -0.2) is 0 Å². The molecule has 0 saturated carbocycles. The normalized spacial score (nSPS) is 12.0. The van der Waals surface area contributed by atoms with Crippen LogP contribution in [0.25, 0.3) is 0 Å². The predicted octanol–water partition coefficient (Wildman–Crippen LogP) is 4.07. The molecule has 0 saturated heterocycles. The van der Waals surface area contributed by atoms with Crippen molar-refractivity contribution in [3.8, 4) is 11.5 Å². The molecule has 0 aliphatic rings. The van der Waals surface area contributed by atoms with Gasteiger partial charge in [-0.2, -0.15) is 0 Å². The first-order valence-electron chi connectivity index (χ1n) is 9.05. The summed E-state index contributed by atoms with van der Waals surface area (Å²) < 4.78 is 16.2. The molecule has 1 atom stereocenters. The quantitative estimate of drug-likeness (QED) is 0.289. The van der Waals surface area contributed by atoms with E-state index in [-0.39, 0.29) is 30.1 Å². The van der Waals surface area contributed by atoms with E-state index in [1.54, 1.807) is 28.4 Å². The molecule has 0 amide bonds. The standard InChI is InChI=1S/C21H28ClN3O3.HI/c1-23-21(25-14-20(28-4)16-6-5-7-17(22)13-16)24-11-10-15-8-9-18(26-2)19(12-15)27-3;/h5-9,12-13,20H,10-11,14H2,1-4H3,(H2,23,24,25);1H. The number of nitrogens with zero attached hydrogens (tertiary/aromatic N) is 1. The Kier molecular flexibility index (Phi) is 11.8. The first kappa shape index (κ1) is 25.3. The van der Waals surface area contributed by atoms with Gasteiger partial charge in [-0.05, 0) is 41.8 Å². The van der Waals surface area contributed by atoms with Crippen molar-refractivity contribution in [2.24, 2.45) is 4.99 Å². The Morgan fingerprint density at radius 1 is 1.03 bits per heavy atom. The van der Waals surface area contributed by atoms with Gasteiger partial charge in [0, 0.05) is 32.3 Å². The third kappa shape index (κ3) is 7.91. The minimum absolute atomic E-state index is 0. The van der Waals surface area contributed by atoms with E-state index in [0.717, 1.165) is 35.6 Å². The lowest BCUT2D eigenvalue weighted by Crippen LogP contribution is -2.40. The molecule has 0 aliphatic heterocycles. The molecule has 0 radical (unpaired) electrons. The SMILES string of the molecule is CN=C(NCCc1ccc(OC)c(OC)c1)NCC(OC)c1cccc(Cl)c1.I. The molecule has 0 heterocycles. The lowest BCUT2D eigenvalue weighted by atomic mass is 10.1. The van der Waals surface area contributed by atoms with Gasteiger partial charge in [-0.3, -0.25) is 4.99 Å². The monoisotopic (exact) mass is 533 g/mol. The van der Waals surface area contributed by atoms with Crippen molar-refractivity contribution in [1.29, 1.82) is 0 Å². The van der Waals surface area contributed by atoms with Crippen molar-refractivity contribution in [3.63, 3.8) is 0 Å². The summed E-state index contributed by atoms with van der Waals surface area (Å²) in [5, 5.41) is 7.29. The number of aliphatic imine (C=N–C) groups is 1. The summed E-state index contributed by atoms with van der Waals surface area (Å²) in [6.07, 6.45) is 0.700. The zero-order chi connectivity index (χ0) is 20.4. The molecule has 2 rings (SSSR count). The molecule has 8 heteroatoms. The maximum Gasteiger partial charge on any atom is 0.191 e. The molecule has 2 aromatic carbocycles. The topological polar surface area (TPSA) is 64.1 Å². The van der Waals surface area contributed by atoms with E-state index in [4.69, 9.17) is 25.8 Å². The van der Waals surface area contributed by atoms with Gasteiger partial charge in [0.1, 0.15) is 0 Å². The van der Waals surface area contributed by atoms with Crippen molar-refractivity contribution in [1.82, 2.24) is 10.6 Å². The summed E-state index contributed by atoms with van der Waals surface area (Å²) in [7, 11) is 6.69. The maximum absolute atomic E-state index is 6.07. The summed E-state index contributed by atoms with van der Waals surface area (Å²) in [5.41, 5.74) is 2.16. The fourth-order valence-corrected chi connectivity index (χ4v) is 3.01. The second-order valence-electron chi connectivity index (χ2n) is 6.10. The zero-order valence-corrected chi connectivity index (χ0v) is 20.3. The molecule has 0 spiro atoms. The van der Waals surface area contributed by atoms with Crippen LogP contribution in [0.5, 0.6) is 11.5 Å². The number of hydrogen-bond donors (Lipinski definition) is 2. The highest BCUT2D eigenvalue weighted by Gasteiger charge is 2.12. The Morgan fingerprint density at radius 3 is 2.41 bits per heavy atom. The Hall–Kier alpha value is -1.71. The van der Waals surface area contributed by atoms with Gasteiger partial charge in [0.2, 0.25) is 0 Å². The van der Waals surface area contributed by atoms with Crippen molar-refractivity contribution in [2.75, 3.05) is 41.5 Å². The van der Waals surface area contributed by atoms with Crippen LogP contribution in [-0.2, 0) is 11.2 Å². The van der Waals surface area contributed by atoms with Gasteiger partial charge >= 0.3 is 0 Å². The largest absolute Gasteiger partial charge is 0.493 e. The summed E-state index contributed by atoms with van der Waals surface area (Å²) >= 11 is 6.07. The van der Waals surface area contributed by atoms with Crippen LogP contribution < -0.4 is 20.1 Å². The molecule has 0 bridgehead atoms. The highest BCUT2D eigenvalue weighted by atomic mass is 127. The fourth-order valence-electron chi connectivity index (χ4n) is 2.82. The molecule has 6 nitrogen and oxygen atoms in total. The van der Waals surface area contributed by atoms with Crippen LogP contribution in [0.4, 0.5) is 0 Å². The minimum Gasteiger partial charge on any atom is -0.493 e. The second-order valence-corrected chi connectivity index (χ2v) is 6.54. The molecule has 2 N–H and O–H groups in total. The van der Waals surface area contributed by atoms with E-state index < -0.39 is 0 Å². The van der Waals surface area contributed by atoms with Gasteiger partial charge in [0.05, 0.1) is 20.3 Å². The summed E-state index contributed by atoms with van der Waals surface area (Å²) in [5.74, 6) is 2.17. The number of benzene rings is 2. The van der Waals surface area contributed by atoms with Crippen LogP contribution in [0.2, 0.25) is 5.02 Å². The fraction of sp³-hybridized carbons (Fsp3) is 0.381. The summed E-state index contributed by atoms with van der Waals surface area (Å²) in [4.78, 5) is 4.27. The first-order valence-corrected chi connectivity index (χ1v) is 9.42. The smallest absolute Gasteiger partial charge is 0.191 e. The highest BCUT2D eigenvalue weighted by molar-refractivity contribution is 14.0. The summed E-state index contributed by atoms with van der Waals surface area (Å²) in [6, 6.07) is 13.6. The molecular formula is C21H29ClIN3O3. The third-order valence-corrected chi connectivity index (χ3v) is 4.57. The lowest BCUT2D eigenvalue weighted by molar-refractivity contribution is 0.106. The van der Waals surface area contributed by atoms with Gasteiger partial charge in [0.15, 0.2) is 17.5 Å². The molecule has 1 unspecified atom stereocenters. The Labute approximate surface area is 195 Å². The Balaban J connectivity index is 0.00000420. The average Bonchev–Trinajstić information content (AvgIpc) is 2.72. The van der Waals surface area contributed by atoms with Crippen LogP contribution >= 0.6 is 35.6 Å². The van der Waals surface area contributed by atoms with Crippen LogP contribution in [-0.4, -0.2) is 47.4 Å². The maximum atomic E-state index is 6.07. The second kappa shape index (κ2) is 13.5. The van der Waals surface area contributed by atoms with Gasteiger partial charge < -0.3 is 24.8 Å². The Morgan fingerprint density at radius 2 is 1.79 bits per heavy atom. The third-order valence-electron chi connectivity index (χ3n) is 4.34. The van der Waals surface area contributed by atoms with Crippen molar-refractivity contribution in [2.45, 2.75) is 12.5 Å². The van der Waals surface area contributed by atoms with Crippen LogP contribution in [0, 0.1) is 0 Å². The lowest BCUT2D eigenvalue weighted by Gasteiger charge is -2.19. The van der Waals surface area contributed by atoms with E-state index in [0.29, 0.717) is 17.5 Å². The van der Waals surface area contributed by atoms with E-state index in [1.165, 1.54) is 0 Å². The minimum atomic E-state index is -0.122. The van der Waals surface area contributed by atoms with Crippen LogP contribution in [0.15, 0.2) is 47.5 Å². The number of ether oxygens (including phenoxy) is 3. The molecule has 160 valence electrons. The number of rotatable bonds is 9. The van der Waals surface area contributed by atoms with Gasteiger partial charge in [0.25, 0.3) is 0 Å². The first-order chi connectivity index (χ1) is 13.6. The molecular weight excluding hydrogens is 505 g/mol. The molecule has 29 heavy (non-hydrogen) atoms. The number of halogens is 2. The number of nitrogens with one attached hydrogen (secondary N) is 2. The van der Waals surface area contributed by atoms with E-state index in [9.17, 15) is 0 Å². The van der Waals surface area contributed by atoms with E-state index in [1.807, 2.05) is 42.5 Å². The van der Waals surface area contributed by atoms with E-state index >= 15 is 0 Å². The molecule has 0 fully saturated rings. The zero-order valence-electron chi connectivity index (χ0n) is 17.2. The number of hydrogen-bond acceptors (Lipinski definition) is 4. The van der Waals surface area contributed by atoms with Crippen molar-refractivity contribution < 1.29 is 14.2 Å². The average molecular weight is 534 g/mol. The highest BCUT2D eigenvalue weighted by Crippen LogP contribution is 2.27. The van der Waals surface area contributed by atoms with Crippen LogP contribution in [0.3, 0.4) is 0 Å². The van der Waals surface area contributed by atoms with Crippen LogP contribution in [0.1, 0.15) is 17.2 Å². The van der Waals surface area contributed by atoms with Gasteiger partial charge in [-0.1, -0.05) is 29.8 Å². The summed E-state index contributed by atoms with van der Waals surface area (Å²) in [6.45, 7) is 1.30. The van der Waals surface area contributed by atoms with E-state index in [2.05, 4.69) is 15.6 Å². The molecule has 2 aromatic rings. The Bertz CT molecular complexity index is 790. The van der Waals surface area contributed by atoms with Gasteiger partial charge in [-0.15, -0.1) is 24.0 Å². The number of guanidine groups is 1. The van der Waals surface area contributed by atoms with Crippen molar-refractivity contribution >= 4 is 41.5 Å². The number of methoxy groups -OCH3 is 3.